The lowest BCUT2D eigenvalue weighted by Crippen LogP contribution is -2.38. The fourth-order valence-electron chi connectivity index (χ4n) is 2.44. The Labute approximate surface area is 115 Å². The van der Waals surface area contributed by atoms with Crippen LogP contribution in [0.4, 0.5) is 10.1 Å². The van der Waals surface area contributed by atoms with E-state index in [4.69, 9.17) is 10.5 Å². The van der Waals surface area contributed by atoms with Crippen LogP contribution in [0.2, 0.25) is 0 Å². The predicted octanol–water partition coefficient (Wildman–Crippen LogP) is 2.93. The molecule has 108 valence electrons. The van der Waals surface area contributed by atoms with Crippen LogP contribution in [0.3, 0.4) is 0 Å². The summed E-state index contributed by atoms with van der Waals surface area (Å²) in [6, 6.07) is 5.40. The molecule has 0 aromatic heterocycles. The molecule has 0 bridgehead atoms. The molecule has 4 heteroatoms. The Bertz CT molecular complexity index is 380. The van der Waals surface area contributed by atoms with Crippen molar-refractivity contribution in [3.05, 3.63) is 29.6 Å². The van der Waals surface area contributed by atoms with Crippen molar-refractivity contribution >= 4 is 5.69 Å². The average Bonchev–Trinajstić information content (AvgIpc) is 2.43. The summed E-state index contributed by atoms with van der Waals surface area (Å²) < 4.78 is 19.4. The van der Waals surface area contributed by atoms with Gasteiger partial charge in [0.2, 0.25) is 0 Å². The molecule has 0 spiro atoms. The number of para-hydroxylation sites is 1. The summed E-state index contributed by atoms with van der Waals surface area (Å²) in [5.41, 5.74) is 7.23. The molecule has 0 heterocycles. The van der Waals surface area contributed by atoms with E-state index >= 15 is 0 Å². The van der Waals surface area contributed by atoms with Crippen molar-refractivity contribution in [1.82, 2.24) is 0 Å². The molecule has 0 saturated carbocycles. The number of nitrogens with zero attached hydrogens (tertiary/aromatic N) is 1. The molecule has 1 aromatic carbocycles. The van der Waals surface area contributed by atoms with Crippen molar-refractivity contribution in [2.45, 2.75) is 39.3 Å². The van der Waals surface area contributed by atoms with Crippen LogP contribution in [-0.2, 0) is 11.3 Å². The summed E-state index contributed by atoms with van der Waals surface area (Å²) >= 11 is 0. The summed E-state index contributed by atoms with van der Waals surface area (Å²) in [6.45, 7) is 5.84. The summed E-state index contributed by atoms with van der Waals surface area (Å²) in [5, 5.41) is 0. The molecule has 19 heavy (non-hydrogen) atoms. The third kappa shape index (κ3) is 3.91. The second-order valence-electron chi connectivity index (χ2n) is 4.61. The Morgan fingerprint density at radius 1 is 1.32 bits per heavy atom. The maximum Gasteiger partial charge on any atom is 0.146 e. The highest BCUT2D eigenvalue weighted by atomic mass is 19.1. The number of hydrogen-bond acceptors (Lipinski definition) is 3. The number of halogens is 1. The Morgan fingerprint density at radius 3 is 2.53 bits per heavy atom. The maximum atomic E-state index is 14.2. The lowest BCUT2D eigenvalue weighted by atomic mass is 10.1. The van der Waals surface area contributed by atoms with E-state index in [1.165, 1.54) is 6.07 Å². The highest BCUT2D eigenvalue weighted by molar-refractivity contribution is 5.55. The summed E-state index contributed by atoms with van der Waals surface area (Å²) in [7, 11) is 1.66. The van der Waals surface area contributed by atoms with Gasteiger partial charge in [-0.1, -0.05) is 26.0 Å². The van der Waals surface area contributed by atoms with Crippen molar-refractivity contribution in [2.24, 2.45) is 5.73 Å². The number of nitrogens with two attached hydrogens (primary N) is 1. The zero-order chi connectivity index (χ0) is 14.3. The minimum atomic E-state index is -0.203. The molecular weight excluding hydrogens is 243 g/mol. The van der Waals surface area contributed by atoms with Crippen molar-refractivity contribution in [1.29, 1.82) is 0 Å². The highest BCUT2D eigenvalue weighted by Gasteiger charge is 2.21. The summed E-state index contributed by atoms with van der Waals surface area (Å²) in [4.78, 5) is 2.10. The minimum Gasteiger partial charge on any atom is -0.383 e. The van der Waals surface area contributed by atoms with Crippen LogP contribution in [0.1, 0.15) is 32.3 Å². The van der Waals surface area contributed by atoms with E-state index in [2.05, 4.69) is 18.7 Å². The van der Waals surface area contributed by atoms with Crippen LogP contribution in [-0.4, -0.2) is 26.3 Å². The van der Waals surface area contributed by atoms with Crippen LogP contribution in [0.25, 0.3) is 0 Å². The fraction of sp³-hybridized carbons (Fsp3) is 0.600. The van der Waals surface area contributed by atoms with Crippen molar-refractivity contribution in [3.8, 4) is 0 Å². The molecule has 0 radical (unpaired) electrons. The number of anilines is 1. The first-order chi connectivity index (χ1) is 9.19. The van der Waals surface area contributed by atoms with Crippen LogP contribution in [0, 0.1) is 5.82 Å². The van der Waals surface area contributed by atoms with Gasteiger partial charge in [0.1, 0.15) is 5.82 Å². The number of hydrogen-bond donors (Lipinski definition) is 1. The molecule has 0 aliphatic rings. The molecule has 0 unspecified atom stereocenters. The zero-order valence-electron chi connectivity index (χ0n) is 12.2. The average molecular weight is 268 g/mol. The van der Waals surface area contributed by atoms with Crippen LogP contribution < -0.4 is 10.6 Å². The number of methoxy groups -OCH3 is 1. The third-order valence-corrected chi connectivity index (χ3v) is 3.50. The fourth-order valence-corrected chi connectivity index (χ4v) is 2.44. The topological polar surface area (TPSA) is 38.5 Å². The van der Waals surface area contributed by atoms with E-state index in [9.17, 15) is 4.39 Å². The number of benzene rings is 1. The van der Waals surface area contributed by atoms with Gasteiger partial charge in [-0.2, -0.15) is 0 Å². The van der Waals surface area contributed by atoms with Gasteiger partial charge in [0, 0.05) is 26.2 Å². The largest absolute Gasteiger partial charge is 0.383 e. The van der Waals surface area contributed by atoms with E-state index < -0.39 is 0 Å². The van der Waals surface area contributed by atoms with E-state index in [-0.39, 0.29) is 5.82 Å². The molecule has 0 aliphatic heterocycles. The Hall–Kier alpha value is -1.13. The SMILES string of the molecule is CCC(CC)N(CCOC)c1c(F)cccc1CN. The van der Waals surface area contributed by atoms with Gasteiger partial charge in [0.25, 0.3) is 0 Å². The van der Waals surface area contributed by atoms with Gasteiger partial charge in [0.15, 0.2) is 0 Å². The molecule has 0 saturated heterocycles. The van der Waals surface area contributed by atoms with Crippen molar-refractivity contribution in [3.63, 3.8) is 0 Å². The second-order valence-corrected chi connectivity index (χ2v) is 4.61. The van der Waals surface area contributed by atoms with Crippen molar-refractivity contribution < 1.29 is 9.13 Å². The van der Waals surface area contributed by atoms with Gasteiger partial charge >= 0.3 is 0 Å². The molecular formula is C15H25FN2O. The monoisotopic (exact) mass is 268 g/mol. The predicted molar refractivity (Wildman–Crippen MR) is 77.9 cm³/mol. The Kier molecular flexibility index (Phi) is 6.81. The minimum absolute atomic E-state index is 0.203. The summed E-state index contributed by atoms with van der Waals surface area (Å²) in [5.74, 6) is -0.203. The van der Waals surface area contributed by atoms with E-state index in [0.717, 1.165) is 18.4 Å². The zero-order valence-corrected chi connectivity index (χ0v) is 12.2. The van der Waals surface area contributed by atoms with E-state index in [1.54, 1.807) is 13.2 Å². The lowest BCUT2D eigenvalue weighted by Gasteiger charge is -2.34. The van der Waals surface area contributed by atoms with Crippen molar-refractivity contribution in [2.75, 3.05) is 25.2 Å². The van der Waals surface area contributed by atoms with E-state index in [1.807, 2.05) is 6.07 Å². The molecule has 0 amide bonds. The van der Waals surface area contributed by atoms with E-state index in [0.29, 0.717) is 31.4 Å². The highest BCUT2D eigenvalue weighted by Crippen LogP contribution is 2.27. The van der Waals surface area contributed by atoms with Gasteiger partial charge in [-0.3, -0.25) is 0 Å². The standard InChI is InChI=1S/C15H25FN2O/c1-4-13(5-2)18(9-10-19-3)15-12(11-17)7-6-8-14(15)16/h6-8,13H,4-5,9-11,17H2,1-3H3. The lowest BCUT2D eigenvalue weighted by molar-refractivity contribution is 0.202. The number of rotatable bonds is 8. The normalized spacial score (nSPS) is 11.1. The van der Waals surface area contributed by atoms with Crippen LogP contribution in [0.5, 0.6) is 0 Å². The quantitative estimate of drug-likeness (QED) is 0.788. The Morgan fingerprint density at radius 2 is 2.00 bits per heavy atom. The molecule has 0 aliphatic carbocycles. The van der Waals surface area contributed by atoms with Crippen LogP contribution >= 0.6 is 0 Å². The molecule has 2 N–H and O–H groups in total. The van der Waals surface area contributed by atoms with Gasteiger partial charge in [-0.15, -0.1) is 0 Å². The first kappa shape index (κ1) is 15.9. The maximum absolute atomic E-state index is 14.2. The molecule has 3 nitrogen and oxygen atoms in total. The molecule has 0 atom stereocenters. The first-order valence-corrected chi connectivity index (χ1v) is 6.92. The molecule has 1 aromatic rings. The van der Waals surface area contributed by atoms with Crippen LogP contribution in [0.15, 0.2) is 18.2 Å². The number of ether oxygens (including phenoxy) is 1. The molecule has 1 rings (SSSR count). The van der Waals surface area contributed by atoms with Gasteiger partial charge in [-0.25, -0.2) is 4.39 Å². The van der Waals surface area contributed by atoms with Gasteiger partial charge in [-0.05, 0) is 24.5 Å². The first-order valence-electron chi connectivity index (χ1n) is 6.92. The summed E-state index contributed by atoms with van der Waals surface area (Å²) in [6.07, 6.45) is 1.94. The third-order valence-electron chi connectivity index (χ3n) is 3.50. The van der Waals surface area contributed by atoms with Gasteiger partial charge < -0.3 is 15.4 Å². The Balaban J connectivity index is 3.15. The van der Waals surface area contributed by atoms with Gasteiger partial charge in [0.05, 0.1) is 12.3 Å². The molecule has 0 fully saturated rings. The smallest absolute Gasteiger partial charge is 0.146 e. The second kappa shape index (κ2) is 8.12.